The van der Waals surface area contributed by atoms with E-state index in [1.807, 2.05) is 41.5 Å². The van der Waals surface area contributed by atoms with Crippen molar-refractivity contribution in [1.82, 2.24) is 0 Å². The molecule has 12 heteroatoms. The average Bonchev–Trinajstić information content (AvgIpc) is 3.28. The monoisotopic (exact) mass is 712 g/mol. The van der Waals surface area contributed by atoms with Crippen molar-refractivity contribution < 1.29 is 58.1 Å². The van der Waals surface area contributed by atoms with Gasteiger partial charge in [-0.3, -0.25) is 9.59 Å². The lowest BCUT2D eigenvalue weighted by Crippen LogP contribution is -2.59. The molecule has 0 aliphatic carbocycles. The Morgan fingerprint density at radius 1 is 0.980 bits per heavy atom. The summed E-state index contributed by atoms with van der Waals surface area (Å²) in [5, 5.41) is 34.9. The number of carbonyl (C=O) groups is 2. The number of cyclic esters (lactones) is 1. The molecule has 0 aromatic heterocycles. The Morgan fingerprint density at radius 2 is 1.62 bits per heavy atom. The number of ether oxygens (including phenoxy) is 7. The van der Waals surface area contributed by atoms with Crippen molar-refractivity contribution in [2.75, 3.05) is 7.11 Å². The molecule has 3 N–H and O–H groups in total. The van der Waals surface area contributed by atoms with Crippen LogP contribution < -0.4 is 0 Å². The lowest BCUT2D eigenvalue weighted by atomic mass is 9.77. The van der Waals surface area contributed by atoms with Crippen LogP contribution in [0, 0.1) is 29.6 Å². The molecule has 3 fully saturated rings. The minimum Gasteiger partial charge on any atom is -0.479 e. The highest BCUT2D eigenvalue weighted by Gasteiger charge is 2.56. The Hall–Kier alpha value is -1.64. The molecule has 16 atom stereocenters. The third kappa shape index (κ3) is 7.83. The van der Waals surface area contributed by atoms with E-state index in [-0.39, 0.29) is 36.6 Å². The molecule has 0 spiro atoms. The molecule has 288 valence electrons. The fourth-order valence-electron chi connectivity index (χ4n) is 8.80. The molecule has 0 saturated carbocycles. The van der Waals surface area contributed by atoms with Gasteiger partial charge in [0.1, 0.15) is 24.1 Å². The quantitative estimate of drug-likeness (QED) is 0.319. The third-order valence-corrected chi connectivity index (χ3v) is 12.0. The number of rotatable bonds is 7. The second kappa shape index (κ2) is 15.4. The van der Waals surface area contributed by atoms with Crippen LogP contribution in [0.25, 0.3) is 0 Å². The predicted octanol–water partition coefficient (Wildman–Crippen LogP) is 4.44. The Balaban J connectivity index is 1.83. The van der Waals surface area contributed by atoms with E-state index in [2.05, 4.69) is 0 Å². The Bertz CT molecular complexity index is 1250. The van der Waals surface area contributed by atoms with Crippen LogP contribution in [0.2, 0.25) is 0 Å². The maximum atomic E-state index is 14.2. The smallest absolute Gasteiger partial charge is 0.311 e. The first-order valence-corrected chi connectivity index (χ1v) is 18.5. The lowest BCUT2D eigenvalue weighted by Gasteiger charge is -2.48. The first kappa shape index (κ1) is 41.1. The van der Waals surface area contributed by atoms with Gasteiger partial charge in [0.15, 0.2) is 12.6 Å². The minimum atomic E-state index is -1.62. The van der Waals surface area contributed by atoms with E-state index in [4.69, 9.17) is 33.2 Å². The molecule has 0 aromatic carbocycles. The summed E-state index contributed by atoms with van der Waals surface area (Å²) >= 11 is 0. The summed E-state index contributed by atoms with van der Waals surface area (Å²) in [6.07, 6.45) is -6.44. The van der Waals surface area contributed by atoms with Crippen molar-refractivity contribution in [1.29, 1.82) is 0 Å². The number of fused-ring (bicyclic) bond motifs is 2. The second-order valence-electron chi connectivity index (χ2n) is 16.5. The summed E-state index contributed by atoms with van der Waals surface area (Å²) in [7, 11) is 1.52. The Morgan fingerprint density at radius 3 is 2.20 bits per heavy atom. The summed E-state index contributed by atoms with van der Waals surface area (Å²) in [6, 6.07) is 0. The first-order chi connectivity index (χ1) is 23.1. The number of aliphatic hydroxyl groups excluding tert-OH is 2. The van der Waals surface area contributed by atoms with Gasteiger partial charge in [-0.15, -0.1) is 0 Å². The number of esters is 1. The van der Waals surface area contributed by atoms with E-state index in [0.717, 1.165) is 0 Å². The molecule has 0 amide bonds. The molecule has 0 radical (unpaired) electrons. The van der Waals surface area contributed by atoms with E-state index in [0.29, 0.717) is 24.2 Å². The SMILES string of the molecule is CCC1OC(=O)C(C)C(OC2CC(C)(OC)C(O)C(C)O2)C(C)C(OC2OC(C)CC(C(C)C)C2O)C(C)(O)CC(C)C2=C(C)C(=O)C1(C)O2. The normalized spacial score (nSPS) is 48.1. The van der Waals surface area contributed by atoms with Gasteiger partial charge < -0.3 is 48.5 Å². The van der Waals surface area contributed by atoms with Crippen LogP contribution >= 0.6 is 0 Å². The van der Waals surface area contributed by atoms with Gasteiger partial charge in [-0.05, 0) is 79.6 Å². The van der Waals surface area contributed by atoms with E-state index in [1.54, 1.807) is 41.5 Å². The number of hydrogen-bond acceptors (Lipinski definition) is 12. The molecule has 4 heterocycles. The highest BCUT2D eigenvalue weighted by Crippen LogP contribution is 2.45. The molecule has 3 saturated heterocycles. The molecule has 50 heavy (non-hydrogen) atoms. The number of aliphatic hydroxyl groups is 3. The first-order valence-electron chi connectivity index (χ1n) is 18.5. The van der Waals surface area contributed by atoms with Gasteiger partial charge in [-0.2, -0.15) is 0 Å². The Kier molecular flexibility index (Phi) is 12.6. The van der Waals surface area contributed by atoms with Crippen LogP contribution in [-0.2, 0) is 42.7 Å². The van der Waals surface area contributed by atoms with Crippen LogP contribution in [0.15, 0.2) is 11.3 Å². The molecule has 12 nitrogen and oxygen atoms in total. The van der Waals surface area contributed by atoms with Crippen molar-refractivity contribution in [3.05, 3.63) is 11.3 Å². The molecule has 4 rings (SSSR count). The number of ketones is 1. The van der Waals surface area contributed by atoms with Gasteiger partial charge in [0.2, 0.25) is 11.4 Å². The average molecular weight is 713 g/mol. The number of allylic oxidation sites excluding steroid dienone is 1. The molecule has 4 aliphatic rings. The van der Waals surface area contributed by atoms with E-state index >= 15 is 0 Å². The highest BCUT2D eigenvalue weighted by molar-refractivity contribution is 6.04. The summed E-state index contributed by atoms with van der Waals surface area (Å²) < 4.78 is 44.0. The van der Waals surface area contributed by atoms with Gasteiger partial charge in [0, 0.05) is 30.9 Å². The standard InChI is InChI=1S/C38H64O12/c1-14-26-38(12)31(40)21(6)29(50-38)19(4)16-36(10,43)33(49-35-28(39)25(18(2)3)15-20(5)45-35)22(7)30(23(8)34(42)47-26)48-27-17-37(11,44-13)32(41)24(9)46-27/h18-20,22-28,30,32-33,35,39,41,43H,14-17H2,1-13H3. The van der Waals surface area contributed by atoms with Crippen molar-refractivity contribution in [3.8, 4) is 0 Å². The number of hydrogen-bond donors (Lipinski definition) is 3. The van der Waals surface area contributed by atoms with E-state index in [1.165, 1.54) is 7.11 Å². The zero-order valence-electron chi connectivity index (χ0n) is 32.4. The van der Waals surface area contributed by atoms with Crippen molar-refractivity contribution in [2.45, 2.75) is 181 Å². The zero-order chi connectivity index (χ0) is 37.7. The maximum absolute atomic E-state index is 14.2. The highest BCUT2D eigenvalue weighted by atomic mass is 16.7. The second-order valence-corrected chi connectivity index (χ2v) is 16.5. The van der Waals surface area contributed by atoms with E-state index < -0.39 is 89.7 Å². The predicted molar refractivity (Wildman–Crippen MR) is 184 cm³/mol. The zero-order valence-corrected chi connectivity index (χ0v) is 32.4. The van der Waals surface area contributed by atoms with Crippen LogP contribution in [0.4, 0.5) is 0 Å². The van der Waals surface area contributed by atoms with E-state index in [9.17, 15) is 24.9 Å². The summed E-state index contributed by atoms with van der Waals surface area (Å²) in [5.74, 6) is -2.52. The molecule has 0 aromatic rings. The fourth-order valence-corrected chi connectivity index (χ4v) is 8.80. The topological polar surface area (TPSA) is 159 Å². The van der Waals surface area contributed by atoms with Crippen LogP contribution in [0.3, 0.4) is 0 Å². The van der Waals surface area contributed by atoms with Crippen molar-refractivity contribution >= 4 is 11.8 Å². The summed E-state index contributed by atoms with van der Waals surface area (Å²) in [5.41, 5.74) is -3.64. The third-order valence-electron chi connectivity index (χ3n) is 12.0. The minimum absolute atomic E-state index is 0.108. The van der Waals surface area contributed by atoms with Crippen LogP contribution in [0.1, 0.15) is 109 Å². The lowest BCUT2D eigenvalue weighted by molar-refractivity contribution is -0.319. The number of Topliss-reactive ketones (excluding diaryl/α,β-unsaturated/α-hetero) is 1. The van der Waals surface area contributed by atoms with Gasteiger partial charge in [0.25, 0.3) is 0 Å². The Labute approximate surface area is 298 Å². The summed E-state index contributed by atoms with van der Waals surface area (Å²) in [6.45, 7) is 21.8. The summed E-state index contributed by atoms with van der Waals surface area (Å²) in [4.78, 5) is 27.9. The van der Waals surface area contributed by atoms with Crippen molar-refractivity contribution in [3.63, 3.8) is 0 Å². The van der Waals surface area contributed by atoms with Crippen LogP contribution in [0.5, 0.6) is 0 Å². The number of methoxy groups -OCH3 is 1. The van der Waals surface area contributed by atoms with Crippen molar-refractivity contribution in [2.24, 2.45) is 29.6 Å². The van der Waals surface area contributed by atoms with Gasteiger partial charge in [0.05, 0.1) is 41.5 Å². The molecule has 4 aliphatic heterocycles. The molecule has 16 unspecified atom stereocenters. The molecular formula is C38H64O12. The molecule has 2 bridgehead atoms. The largest absolute Gasteiger partial charge is 0.479 e. The van der Waals surface area contributed by atoms with Gasteiger partial charge >= 0.3 is 5.97 Å². The van der Waals surface area contributed by atoms with Gasteiger partial charge in [-0.1, -0.05) is 34.6 Å². The maximum Gasteiger partial charge on any atom is 0.311 e. The fraction of sp³-hybridized carbons (Fsp3) is 0.895. The number of carbonyl (C=O) groups excluding carboxylic acids is 2. The molecular weight excluding hydrogens is 648 g/mol. The van der Waals surface area contributed by atoms with Crippen LogP contribution in [-0.4, -0.2) is 106 Å². The van der Waals surface area contributed by atoms with Gasteiger partial charge in [-0.25, -0.2) is 0 Å².